The van der Waals surface area contributed by atoms with Crippen LogP contribution in [0.1, 0.15) is 62.6 Å². The number of benzene rings is 2. The molecule has 3 atom stereocenters. The fourth-order valence-electron chi connectivity index (χ4n) is 5.44. The second-order valence-electron chi connectivity index (χ2n) is 9.88. The Balaban J connectivity index is 1.69. The minimum atomic E-state index is -0.864. The zero-order chi connectivity index (χ0) is 26.4. The molecule has 8 nitrogen and oxygen atoms in total. The molecule has 198 valence electrons. The molecule has 8 heteroatoms. The normalized spacial score (nSPS) is 19.8. The number of unbranched alkanes of at least 4 members (excludes halogenated alkanes) is 2. The number of aromatic nitrogens is 2. The van der Waals surface area contributed by atoms with E-state index in [1.165, 1.54) is 0 Å². The zero-order valence-corrected chi connectivity index (χ0v) is 22.0. The number of carbonyl (C=O) groups excluding carboxylic acids is 1. The van der Waals surface area contributed by atoms with Crippen molar-refractivity contribution < 1.29 is 19.4 Å². The summed E-state index contributed by atoms with van der Waals surface area (Å²) in [4.78, 5) is 37.8. The van der Waals surface area contributed by atoms with Gasteiger partial charge >= 0.3 is 5.97 Å². The number of hydrogen-bond acceptors (Lipinski definition) is 5. The Morgan fingerprint density at radius 3 is 2.38 bits per heavy atom. The Hall–Kier alpha value is -3.39. The Kier molecular flexibility index (Phi) is 8.82. The number of likely N-dealkylation sites (tertiary alicyclic amines) is 1. The second kappa shape index (κ2) is 12.2. The smallest absolute Gasteiger partial charge is 0.309 e. The summed E-state index contributed by atoms with van der Waals surface area (Å²) in [6, 6.07) is 13.0. The van der Waals surface area contributed by atoms with Crippen molar-refractivity contribution in [2.45, 2.75) is 51.5 Å². The van der Waals surface area contributed by atoms with E-state index in [-0.39, 0.29) is 18.4 Å². The van der Waals surface area contributed by atoms with Crippen LogP contribution in [-0.2, 0) is 9.59 Å². The number of hydrogen-bond donors (Lipinski definition) is 2. The lowest BCUT2D eigenvalue weighted by atomic mass is 9.82. The summed E-state index contributed by atoms with van der Waals surface area (Å²) < 4.78 is 5.33. The van der Waals surface area contributed by atoms with Crippen LogP contribution in [-0.4, -0.2) is 70.0 Å². The summed E-state index contributed by atoms with van der Waals surface area (Å²) in [5.74, 6) is -1.08. The molecule has 2 N–H and O–H groups in total. The van der Waals surface area contributed by atoms with Gasteiger partial charge in [0.05, 0.1) is 36.9 Å². The van der Waals surface area contributed by atoms with Crippen molar-refractivity contribution in [1.29, 1.82) is 0 Å². The first-order chi connectivity index (χ1) is 18.0. The molecular weight excluding hydrogens is 468 g/mol. The number of ether oxygens (including phenoxy) is 1. The number of carbonyl (C=O) groups is 2. The summed E-state index contributed by atoms with van der Waals surface area (Å²) in [5.41, 5.74) is 3.52. The van der Waals surface area contributed by atoms with Crippen molar-refractivity contribution in [3.63, 3.8) is 0 Å². The van der Waals surface area contributed by atoms with Gasteiger partial charge in [-0.05, 0) is 48.2 Å². The molecule has 0 aliphatic carbocycles. The number of imidazole rings is 1. The van der Waals surface area contributed by atoms with Crippen LogP contribution in [0.3, 0.4) is 0 Å². The van der Waals surface area contributed by atoms with Gasteiger partial charge in [-0.3, -0.25) is 14.5 Å². The van der Waals surface area contributed by atoms with Crippen molar-refractivity contribution >= 4 is 22.9 Å². The maximum atomic E-state index is 13.6. The highest BCUT2D eigenvalue weighted by atomic mass is 16.5. The molecule has 0 bridgehead atoms. The molecule has 1 unspecified atom stereocenters. The lowest BCUT2D eigenvalue weighted by molar-refractivity contribution is -0.144. The number of aromatic amines is 1. The molecule has 37 heavy (non-hydrogen) atoms. The van der Waals surface area contributed by atoms with Gasteiger partial charge in [0.1, 0.15) is 5.75 Å². The molecule has 1 aliphatic rings. The van der Waals surface area contributed by atoms with Gasteiger partial charge in [0.25, 0.3) is 0 Å². The first-order valence-electron chi connectivity index (χ1n) is 13.3. The molecule has 3 aromatic rings. The van der Waals surface area contributed by atoms with Crippen molar-refractivity contribution in [3.8, 4) is 5.75 Å². The maximum Gasteiger partial charge on any atom is 0.309 e. The maximum absolute atomic E-state index is 13.6. The number of nitrogens with zero attached hydrogens (tertiary/aromatic N) is 3. The van der Waals surface area contributed by atoms with Gasteiger partial charge in [-0.2, -0.15) is 0 Å². The van der Waals surface area contributed by atoms with Gasteiger partial charge in [-0.1, -0.05) is 44.9 Å². The predicted molar refractivity (Wildman–Crippen MR) is 144 cm³/mol. The van der Waals surface area contributed by atoms with Crippen molar-refractivity contribution in [1.82, 2.24) is 19.8 Å². The largest absolute Gasteiger partial charge is 0.497 e. The number of aliphatic carboxylic acids is 1. The van der Waals surface area contributed by atoms with Gasteiger partial charge in [0.15, 0.2) is 0 Å². The molecule has 1 saturated heterocycles. The molecule has 2 aromatic carbocycles. The quantitative estimate of drug-likeness (QED) is 0.365. The van der Waals surface area contributed by atoms with Gasteiger partial charge in [-0.25, -0.2) is 4.98 Å². The molecule has 0 saturated carbocycles. The Bertz CT molecular complexity index is 1180. The molecule has 1 amide bonds. The van der Waals surface area contributed by atoms with Gasteiger partial charge in [0.2, 0.25) is 5.91 Å². The minimum absolute atomic E-state index is 0.0629. The van der Waals surface area contributed by atoms with E-state index in [2.05, 4.69) is 28.7 Å². The predicted octanol–water partition coefficient (Wildman–Crippen LogP) is 4.84. The third-order valence-electron chi connectivity index (χ3n) is 7.47. The Labute approximate surface area is 218 Å². The highest BCUT2D eigenvalue weighted by Gasteiger charge is 2.48. The number of fused-ring (bicyclic) bond motifs is 1. The van der Waals surface area contributed by atoms with Gasteiger partial charge in [-0.15, -0.1) is 0 Å². The van der Waals surface area contributed by atoms with Crippen LogP contribution in [0.25, 0.3) is 11.0 Å². The van der Waals surface area contributed by atoms with Crippen LogP contribution in [0, 0.1) is 5.92 Å². The van der Waals surface area contributed by atoms with E-state index in [0.29, 0.717) is 12.3 Å². The summed E-state index contributed by atoms with van der Waals surface area (Å²) >= 11 is 0. The highest BCUT2D eigenvalue weighted by Crippen LogP contribution is 2.46. The summed E-state index contributed by atoms with van der Waals surface area (Å²) in [6.07, 6.45) is 5.60. The fraction of sp³-hybridized carbons (Fsp3) is 0.483. The van der Waals surface area contributed by atoms with Crippen LogP contribution in [0.15, 0.2) is 48.8 Å². The van der Waals surface area contributed by atoms with E-state index in [9.17, 15) is 14.7 Å². The molecule has 1 fully saturated rings. The van der Waals surface area contributed by atoms with E-state index in [4.69, 9.17) is 4.74 Å². The summed E-state index contributed by atoms with van der Waals surface area (Å²) in [7, 11) is 1.61. The third kappa shape index (κ3) is 5.96. The van der Waals surface area contributed by atoms with E-state index in [1.54, 1.807) is 13.4 Å². The van der Waals surface area contributed by atoms with Gasteiger partial charge < -0.3 is 19.7 Å². The number of rotatable bonds is 12. The Morgan fingerprint density at radius 1 is 1.08 bits per heavy atom. The van der Waals surface area contributed by atoms with E-state index >= 15 is 0 Å². The van der Waals surface area contributed by atoms with Crippen molar-refractivity contribution in [3.05, 3.63) is 59.9 Å². The monoisotopic (exact) mass is 506 g/mol. The van der Waals surface area contributed by atoms with Crippen LogP contribution in [0.5, 0.6) is 5.75 Å². The number of carboxylic acid groups (broad SMARTS) is 1. The number of nitrogens with one attached hydrogen (secondary N) is 1. The first kappa shape index (κ1) is 26.7. The van der Waals surface area contributed by atoms with E-state index < -0.39 is 17.9 Å². The SMILES string of the molecule is CCCCN(CCCC)C(=O)CN1CC(c2ccc3[nH]cnc3c2)[C@H](C(=O)O)[C@H]1c1ccc(OC)cc1. The molecule has 2 heterocycles. The van der Waals surface area contributed by atoms with Gasteiger partial charge in [0, 0.05) is 31.6 Å². The standard InChI is InChI=1S/C29H38N4O4/c1-4-6-14-32(15-7-5-2)26(34)18-33-17-23(21-10-13-24-25(16-21)31-19-30-24)27(29(35)36)28(33)20-8-11-22(37-3)12-9-20/h8-13,16,19,23,27-28H,4-7,14-15,17-18H2,1-3H3,(H,30,31)(H,35,36)/t23?,27-,28+/m0/s1. The first-order valence-corrected chi connectivity index (χ1v) is 13.3. The number of amides is 1. The van der Waals surface area contributed by atoms with Crippen LogP contribution < -0.4 is 4.74 Å². The molecule has 4 rings (SSSR count). The second-order valence-corrected chi connectivity index (χ2v) is 9.88. The van der Waals surface area contributed by atoms with Crippen molar-refractivity contribution in [2.75, 3.05) is 33.3 Å². The van der Waals surface area contributed by atoms with Crippen molar-refractivity contribution in [2.24, 2.45) is 5.92 Å². The molecule has 1 aromatic heterocycles. The molecule has 0 radical (unpaired) electrons. The highest BCUT2D eigenvalue weighted by molar-refractivity contribution is 5.80. The average molecular weight is 507 g/mol. The number of methoxy groups -OCH3 is 1. The van der Waals surface area contributed by atoms with Crippen LogP contribution in [0.2, 0.25) is 0 Å². The molecule has 1 aliphatic heterocycles. The molecular formula is C29H38N4O4. The topological polar surface area (TPSA) is 98.8 Å². The lowest BCUT2D eigenvalue weighted by Gasteiger charge is -2.30. The van der Waals surface area contributed by atoms with Crippen LogP contribution in [0.4, 0.5) is 0 Å². The number of carboxylic acids is 1. The Morgan fingerprint density at radius 2 is 1.76 bits per heavy atom. The van der Waals surface area contributed by atoms with E-state index in [1.807, 2.05) is 47.4 Å². The average Bonchev–Trinajstić information content (AvgIpc) is 3.53. The van der Waals surface area contributed by atoms with E-state index in [0.717, 1.165) is 60.9 Å². The molecule has 0 spiro atoms. The minimum Gasteiger partial charge on any atom is -0.497 e. The fourth-order valence-corrected chi connectivity index (χ4v) is 5.44. The lowest BCUT2D eigenvalue weighted by Crippen LogP contribution is -2.42. The summed E-state index contributed by atoms with van der Waals surface area (Å²) in [6.45, 7) is 6.39. The number of H-pyrrole nitrogens is 1. The summed E-state index contributed by atoms with van der Waals surface area (Å²) in [5, 5.41) is 10.5. The zero-order valence-electron chi connectivity index (χ0n) is 22.0. The third-order valence-corrected chi connectivity index (χ3v) is 7.47. The van der Waals surface area contributed by atoms with Crippen LogP contribution >= 0.6 is 0 Å².